The Morgan fingerprint density at radius 1 is 1.80 bits per heavy atom. The van der Waals surface area contributed by atoms with Crippen molar-refractivity contribution < 1.29 is 5.11 Å². The van der Waals surface area contributed by atoms with Crippen LogP contribution in [-0.2, 0) is 0 Å². The van der Waals surface area contributed by atoms with Crippen LogP contribution in [0.5, 0.6) is 0 Å². The summed E-state index contributed by atoms with van der Waals surface area (Å²) in [7, 11) is 0. The summed E-state index contributed by atoms with van der Waals surface area (Å²) in [5.41, 5.74) is 5.36. The molecule has 0 aliphatic carbocycles. The molecule has 1 rings (SSSR count). The Balaban J connectivity index is 2.67. The van der Waals surface area contributed by atoms with Gasteiger partial charge in [-0.05, 0) is 6.08 Å². The minimum Gasteiger partial charge on any atom is -0.392 e. The first-order valence-corrected chi connectivity index (χ1v) is 3.63. The molecule has 0 aliphatic rings. The monoisotopic (exact) mass is 156 g/mol. The second-order valence-corrected chi connectivity index (χ2v) is 2.78. The molecule has 0 saturated heterocycles. The first-order chi connectivity index (χ1) is 4.83. The van der Waals surface area contributed by atoms with Gasteiger partial charge in [0.15, 0.2) is 5.13 Å². The highest BCUT2D eigenvalue weighted by molar-refractivity contribution is 7.16. The molecule has 0 atom stereocenters. The average molecular weight is 156 g/mol. The molecular weight excluding hydrogens is 148 g/mol. The number of rotatable bonds is 2. The maximum absolute atomic E-state index is 8.40. The third-order valence-electron chi connectivity index (χ3n) is 0.929. The van der Waals surface area contributed by atoms with Crippen molar-refractivity contribution in [2.75, 3.05) is 12.3 Å². The Morgan fingerprint density at radius 2 is 2.60 bits per heavy atom. The van der Waals surface area contributed by atoms with Crippen molar-refractivity contribution in [1.82, 2.24) is 4.98 Å². The van der Waals surface area contributed by atoms with Crippen LogP contribution in [0.3, 0.4) is 0 Å². The van der Waals surface area contributed by atoms with E-state index >= 15 is 0 Å². The van der Waals surface area contributed by atoms with Gasteiger partial charge in [0.05, 0.1) is 6.61 Å². The number of hydrogen-bond donors (Lipinski definition) is 2. The van der Waals surface area contributed by atoms with Gasteiger partial charge >= 0.3 is 0 Å². The zero-order valence-corrected chi connectivity index (χ0v) is 6.14. The normalized spacial score (nSPS) is 10.9. The Morgan fingerprint density at radius 3 is 3.10 bits per heavy atom. The summed E-state index contributed by atoms with van der Waals surface area (Å²) in [6, 6.07) is 0. The van der Waals surface area contributed by atoms with Gasteiger partial charge in [0.1, 0.15) is 0 Å². The highest BCUT2D eigenvalue weighted by Crippen LogP contribution is 2.15. The number of thiazole rings is 1. The van der Waals surface area contributed by atoms with Crippen LogP contribution in [0.2, 0.25) is 0 Å². The predicted molar refractivity (Wildman–Crippen MR) is 42.6 cm³/mol. The Kier molecular flexibility index (Phi) is 2.42. The molecule has 0 saturated carbocycles. The van der Waals surface area contributed by atoms with E-state index < -0.39 is 0 Å². The molecule has 0 unspecified atom stereocenters. The van der Waals surface area contributed by atoms with Crippen molar-refractivity contribution >= 4 is 22.5 Å². The number of aliphatic hydroxyl groups excluding tert-OH is 1. The summed E-state index contributed by atoms with van der Waals surface area (Å²) in [5, 5.41) is 8.95. The van der Waals surface area contributed by atoms with E-state index in [2.05, 4.69) is 4.98 Å². The van der Waals surface area contributed by atoms with Crippen LogP contribution >= 0.6 is 11.3 Å². The van der Waals surface area contributed by atoms with Crippen molar-refractivity contribution in [3.8, 4) is 0 Å². The number of nitrogens with zero attached hydrogens (tertiary/aromatic N) is 1. The second kappa shape index (κ2) is 3.34. The molecule has 3 N–H and O–H groups in total. The molecule has 4 heteroatoms. The summed E-state index contributed by atoms with van der Waals surface area (Å²) in [6.45, 7) is 0.0534. The molecule has 0 bridgehead atoms. The third kappa shape index (κ3) is 1.82. The maximum atomic E-state index is 8.40. The van der Waals surface area contributed by atoms with Crippen molar-refractivity contribution in [1.29, 1.82) is 0 Å². The topological polar surface area (TPSA) is 59.1 Å². The van der Waals surface area contributed by atoms with Crippen molar-refractivity contribution in [3.05, 3.63) is 17.2 Å². The first kappa shape index (κ1) is 7.24. The maximum Gasteiger partial charge on any atom is 0.180 e. The van der Waals surface area contributed by atoms with Gasteiger partial charge in [-0.1, -0.05) is 17.4 Å². The lowest BCUT2D eigenvalue weighted by Gasteiger charge is -1.78. The molecule has 0 aromatic carbocycles. The minimum atomic E-state index is 0.0534. The van der Waals surface area contributed by atoms with E-state index in [0.717, 1.165) is 4.88 Å². The van der Waals surface area contributed by atoms with Crippen LogP contribution in [0.1, 0.15) is 4.88 Å². The summed E-state index contributed by atoms with van der Waals surface area (Å²) >= 11 is 1.40. The molecule has 0 amide bonds. The Hall–Kier alpha value is -0.870. The summed E-state index contributed by atoms with van der Waals surface area (Å²) in [5.74, 6) is 0. The summed E-state index contributed by atoms with van der Waals surface area (Å²) in [4.78, 5) is 4.80. The fourth-order valence-corrected chi connectivity index (χ4v) is 1.16. The van der Waals surface area contributed by atoms with E-state index in [9.17, 15) is 0 Å². The van der Waals surface area contributed by atoms with Crippen LogP contribution in [0, 0.1) is 0 Å². The molecule has 0 aliphatic heterocycles. The standard InChI is InChI=1S/C6H8N2OS/c7-6-8-4-5(10-6)2-1-3-9/h1-2,4,9H,3H2,(H2,7,8). The van der Waals surface area contributed by atoms with E-state index in [-0.39, 0.29) is 6.61 Å². The van der Waals surface area contributed by atoms with Crippen LogP contribution in [0.15, 0.2) is 12.3 Å². The van der Waals surface area contributed by atoms with Crippen LogP contribution in [-0.4, -0.2) is 16.7 Å². The predicted octanol–water partition coefficient (Wildman–Crippen LogP) is 0.731. The van der Waals surface area contributed by atoms with E-state index in [1.807, 2.05) is 0 Å². The lowest BCUT2D eigenvalue weighted by atomic mass is 10.5. The van der Waals surface area contributed by atoms with Gasteiger partial charge in [-0.15, -0.1) is 0 Å². The van der Waals surface area contributed by atoms with E-state index in [1.165, 1.54) is 11.3 Å². The van der Waals surface area contributed by atoms with Gasteiger partial charge in [0, 0.05) is 11.1 Å². The fraction of sp³-hybridized carbons (Fsp3) is 0.167. The smallest absolute Gasteiger partial charge is 0.180 e. The minimum absolute atomic E-state index is 0.0534. The largest absolute Gasteiger partial charge is 0.392 e. The van der Waals surface area contributed by atoms with Gasteiger partial charge in [-0.2, -0.15) is 0 Å². The van der Waals surface area contributed by atoms with E-state index in [4.69, 9.17) is 10.8 Å². The summed E-state index contributed by atoms with van der Waals surface area (Å²) < 4.78 is 0. The number of nitrogens with two attached hydrogens (primary N) is 1. The highest BCUT2D eigenvalue weighted by Gasteiger charge is 1.91. The SMILES string of the molecule is Nc1ncc(C=CCO)s1. The zero-order chi connectivity index (χ0) is 7.40. The first-order valence-electron chi connectivity index (χ1n) is 2.81. The quantitative estimate of drug-likeness (QED) is 0.663. The Bertz CT molecular complexity index is 231. The second-order valence-electron chi connectivity index (χ2n) is 1.69. The average Bonchev–Trinajstić information content (AvgIpc) is 2.31. The molecule has 0 spiro atoms. The number of aromatic nitrogens is 1. The molecule has 1 aromatic rings. The van der Waals surface area contributed by atoms with Crippen molar-refractivity contribution in [3.63, 3.8) is 0 Å². The van der Waals surface area contributed by atoms with Gasteiger partial charge in [-0.25, -0.2) is 4.98 Å². The van der Waals surface area contributed by atoms with Crippen molar-refractivity contribution in [2.24, 2.45) is 0 Å². The van der Waals surface area contributed by atoms with Gasteiger partial charge < -0.3 is 10.8 Å². The lowest BCUT2D eigenvalue weighted by Crippen LogP contribution is -1.77. The van der Waals surface area contributed by atoms with Gasteiger partial charge in [0.2, 0.25) is 0 Å². The molecule has 54 valence electrons. The zero-order valence-electron chi connectivity index (χ0n) is 5.32. The molecule has 10 heavy (non-hydrogen) atoms. The Labute approximate surface area is 62.8 Å². The van der Waals surface area contributed by atoms with Gasteiger partial charge in [0.25, 0.3) is 0 Å². The van der Waals surface area contributed by atoms with Crippen LogP contribution < -0.4 is 5.73 Å². The number of anilines is 1. The molecule has 1 heterocycles. The molecule has 0 fully saturated rings. The third-order valence-corrected chi connectivity index (χ3v) is 1.72. The van der Waals surface area contributed by atoms with Gasteiger partial charge in [-0.3, -0.25) is 0 Å². The highest BCUT2D eigenvalue weighted by atomic mass is 32.1. The van der Waals surface area contributed by atoms with Crippen LogP contribution in [0.4, 0.5) is 5.13 Å². The fourth-order valence-electron chi connectivity index (χ4n) is 0.547. The molecule has 1 aromatic heterocycles. The lowest BCUT2D eigenvalue weighted by molar-refractivity contribution is 0.343. The van der Waals surface area contributed by atoms with Crippen LogP contribution in [0.25, 0.3) is 6.08 Å². The molecule has 0 radical (unpaired) electrons. The molecule has 3 nitrogen and oxygen atoms in total. The van der Waals surface area contributed by atoms with E-state index in [0.29, 0.717) is 5.13 Å². The molecular formula is C6H8N2OS. The number of nitrogen functional groups attached to an aromatic ring is 1. The number of hydrogen-bond acceptors (Lipinski definition) is 4. The number of aliphatic hydroxyl groups is 1. The summed E-state index contributed by atoms with van der Waals surface area (Å²) in [6.07, 6.45) is 5.10. The van der Waals surface area contributed by atoms with Crippen molar-refractivity contribution in [2.45, 2.75) is 0 Å². The van der Waals surface area contributed by atoms with E-state index in [1.54, 1.807) is 18.3 Å².